The van der Waals surface area contributed by atoms with Crippen LogP contribution in [0.3, 0.4) is 0 Å². The van der Waals surface area contributed by atoms with Crippen molar-refractivity contribution in [3.63, 3.8) is 0 Å². The van der Waals surface area contributed by atoms with E-state index >= 15 is 0 Å². The Morgan fingerprint density at radius 1 is 1.05 bits per heavy atom. The zero-order valence-corrected chi connectivity index (χ0v) is 35.9. The van der Waals surface area contributed by atoms with Crippen LogP contribution < -0.4 is 23.7 Å². The number of aryl methyl sites for hydroxylation is 1. The van der Waals surface area contributed by atoms with E-state index in [1.54, 1.807) is 18.1 Å². The molecular weight excluding hydrogens is 751 g/mol. The molecule has 2 aromatic carbocycles. The number of nitriles is 1. The van der Waals surface area contributed by atoms with Gasteiger partial charge in [0.05, 0.1) is 44.0 Å². The summed E-state index contributed by atoms with van der Waals surface area (Å²) in [6.07, 6.45) is 2.79. The molecular formula is C42H57N3O11Si. The highest BCUT2D eigenvalue weighted by atomic mass is 28.4. The third kappa shape index (κ3) is 8.45. The van der Waals surface area contributed by atoms with Gasteiger partial charge in [0.25, 0.3) is 0 Å². The summed E-state index contributed by atoms with van der Waals surface area (Å²) in [5.74, 6) is 1.79. The molecule has 0 aliphatic carbocycles. The monoisotopic (exact) mass is 807 g/mol. The van der Waals surface area contributed by atoms with Crippen molar-refractivity contribution in [1.29, 1.82) is 5.26 Å². The average Bonchev–Trinajstić information content (AvgIpc) is 3.66. The van der Waals surface area contributed by atoms with Crippen LogP contribution in [0, 0.1) is 25.2 Å². The zero-order chi connectivity index (χ0) is 41.8. The van der Waals surface area contributed by atoms with Crippen LogP contribution >= 0.6 is 0 Å². The van der Waals surface area contributed by atoms with E-state index in [0.29, 0.717) is 45.4 Å². The fourth-order valence-electron chi connectivity index (χ4n) is 7.73. The van der Waals surface area contributed by atoms with Gasteiger partial charge in [0.1, 0.15) is 31.6 Å². The minimum Gasteiger partial charge on any atom is -0.493 e. The van der Waals surface area contributed by atoms with Crippen LogP contribution in [0.1, 0.15) is 67.6 Å². The summed E-state index contributed by atoms with van der Waals surface area (Å²) in [6, 6.07) is 2.27. The second kappa shape index (κ2) is 17.8. The number of fused-ring (bicyclic) bond motifs is 5. The molecule has 3 heterocycles. The lowest BCUT2D eigenvalue weighted by Crippen LogP contribution is -2.70. The van der Waals surface area contributed by atoms with Crippen molar-refractivity contribution >= 4 is 20.4 Å². The molecule has 2 bridgehead atoms. The Hall–Kier alpha value is -4.75. The van der Waals surface area contributed by atoms with Crippen molar-refractivity contribution < 1.29 is 51.9 Å². The van der Waals surface area contributed by atoms with E-state index < -0.39 is 50.6 Å². The SMILES string of the molecule is C=CCOC(=O)N1[C@H]2Cc3cc(C)c(OC)c(OCC=C)c3[C@H]1[C@H](CO[Si](C)(C)C(C)(C)C)N([C@@H](COC(C)=O)c1cc(OCOC)c(C)c3c1OCO3)[C@H]2C#N. The van der Waals surface area contributed by atoms with Gasteiger partial charge in [0.2, 0.25) is 6.79 Å². The first kappa shape index (κ1) is 43.4. The first-order valence-electron chi connectivity index (χ1n) is 19.1. The van der Waals surface area contributed by atoms with E-state index in [2.05, 4.69) is 53.1 Å². The van der Waals surface area contributed by atoms with Gasteiger partial charge in [-0.05, 0) is 55.6 Å². The molecule has 0 N–H and O–H groups in total. The molecule has 0 aromatic heterocycles. The Kier molecular flexibility index (Phi) is 13.5. The Morgan fingerprint density at radius 3 is 2.37 bits per heavy atom. The molecule has 1 fully saturated rings. The molecule has 5 atom stereocenters. The molecule has 14 nitrogen and oxygen atoms in total. The molecule has 2 aromatic rings. The van der Waals surface area contributed by atoms with E-state index in [1.165, 1.54) is 20.1 Å². The number of nitrogens with zero attached hydrogens (tertiary/aromatic N) is 3. The van der Waals surface area contributed by atoms with E-state index in [4.69, 9.17) is 42.3 Å². The van der Waals surface area contributed by atoms with Crippen LogP contribution in [-0.2, 0) is 29.9 Å². The second-order valence-electron chi connectivity index (χ2n) is 15.9. The molecule has 3 aliphatic heterocycles. The molecule has 0 saturated carbocycles. The van der Waals surface area contributed by atoms with Gasteiger partial charge in [-0.15, -0.1) is 0 Å². The van der Waals surface area contributed by atoms with Crippen molar-refractivity contribution in [2.24, 2.45) is 0 Å². The zero-order valence-electron chi connectivity index (χ0n) is 34.9. The summed E-state index contributed by atoms with van der Waals surface area (Å²) in [5, 5.41) is 11.2. The van der Waals surface area contributed by atoms with E-state index in [0.717, 1.165) is 11.1 Å². The number of hydrogen-bond donors (Lipinski definition) is 0. The lowest BCUT2D eigenvalue weighted by Gasteiger charge is -2.58. The predicted octanol–water partition coefficient (Wildman–Crippen LogP) is 7.08. The number of carbonyl (C=O) groups excluding carboxylic acids is 2. The van der Waals surface area contributed by atoms with Crippen molar-refractivity contribution in [2.45, 2.75) is 96.3 Å². The highest BCUT2D eigenvalue weighted by Gasteiger charge is 2.58. The fourth-order valence-corrected chi connectivity index (χ4v) is 8.75. The number of hydrogen-bond acceptors (Lipinski definition) is 13. The summed E-state index contributed by atoms with van der Waals surface area (Å²) in [4.78, 5) is 30.8. The van der Waals surface area contributed by atoms with Crippen molar-refractivity contribution in [2.75, 3.05) is 54.2 Å². The van der Waals surface area contributed by atoms with Crippen LogP contribution in [0.4, 0.5) is 4.79 Å². The summed E-state index contributed by atoms with van der Waals surface area (Å²) in [7, 11) is 0.596. The number of methoxy groups -OCH3 is 2. The van der Waals surface area contributed by atoms with Crippen molar-refractivity contribution in [3.8, 4) is 34.8 Å². The number of ether oxygens (including phenoxy) is 8. The normalized spacial score (nSPS) is 20.5. The molecule has 1 amide bonds. The number of carbonyl (C=O) groups is 2. The van der Waals surface area contributed by atoms with Crippen LogP contribution in [0.25, 0.3) is 0 Å². The van der Waals surface area contributed by atoms with Crippen LogP contribution in [0.5, 0.6) is 28.7 Å². The summed E-state index contributed by atoms with van der Waals surface area (Å²) >= 11 is 0. The molecule has 1 saturated heterocycles. The first-order chi connectivity index (χ1) is 27.1. The standard InChI is InChI=1S/C42H57N3O11Si/c1-13-15-50-40-35-28(17-25(3)37(40)49-10)18-30-31(20-43)44(33(22-56-57(11,12)42(6,7)8)36(35)45(30)41(47)51-16-14-2)32(21-52-27(5)46)29-19-34(53-23-48-9)26(4)38-39(29)55-24-54-38/h13-14,17,19,30-33,36H,1-2,15-16,18,21-24H2,3-12H3/t30-,31-,32-,33-,36+/m0/s1. The summed E-state index contributed by atoms with van der Waals surface area (Å²) in [5.41, 5.74) is 3.67. The van der Waals surface area contributed by atoms with Gasteiger partial charge in [-0.25, -0.2) is 4.79 Å². The van der Waals surface area contributed by atoms with Crippen molar-refractivity contribution in [3.05, 3.63) is 65.3 Å². The Morgan fingerprint density at radius 2 is 1.75 bits per heavy atom. The molecule has 310 valence electrons. The van der Waals surface area contributed by atoms with E-state index in [-0.39, 0.29) is 51.5 Å². The van der Waals surface area contributed by atoms with Crippen molar-refractivity contribution in [1.82, 2.24) is 9.80 Å². The Labute approximate surface area is 337 Å². The number of rotatable bonds is 16. The quantitative estimate of drug-likeness (QED) is 0.0737. The molecule has 0 radical (unpaired) electrons. The number of esters is 1. The Balaban J connectivity index is 1.87. The van der Waals surface area contributed by atoms with Gasteiger partial charge in [-0.2, -0.15) is 5.26 Å². The highest BCUT2D eigenvalue weighted by Crippen LogP contribution is 2.55. The third-order valence-electron chi connectivity index (χ3n) is 11.4. The second-order valence-corrected chi connectivity index (χ2v) is 20.7. The lowest BCUT2D eigenvalue weighted by atomic mass is 9.76. The molecule has 57 heavy (non-hydrogen) atoms. The van der Waals surface area contributed by atoms with Gasteiger partial charge >= 0.3 is 12.1 Å². The molecule has 0 spiro atoms. The highest BCUT2D eigenvalue weighted by molar-refractivity contribution is 6.74. The third-order valence-corrected chi connectivity index (χ3v) is 15.9. The van der Waals surface area contributed by atoms with Crippen LogP contribution in [-0.4, -0.2) is 103 Å². The summed E-state index contributed by atoms with van der Waals surface area (Å²) < 4.78 is 54.6. The van der Waals surface area contributed by atoms with E-state index in [1.807, 2.05) is 30.9 Å². The smallest absolute Gasteiger partial charge is 0.411 e. The number of amides is 1. The minimum atomic E-state index is -2.50. The maximum Gasteiger partial charge on any atom is 0.411 e. The van der Waals surface area contributed by atoms with Gasteiger partial charge < -0.3 is 42.3 Å². The minimum absolute atomic E-state index is 0.0422. The van der Waals surface area contributed by atoms with Gasteiger partial charge in [-0.3, -0.25) is 14.6 Å². The van der Waals surface area contributed by atoms with E-state index in [9.17, 15) is 14.9 Å². The topological polar surface area (TPSA) is 147 Å². The lowest BCUT2D eigenvalue weighted by molar-refractivity contribution is -0.146. The average molecular weight is 808 g/mol. The molecule has 5 rings (SSSR count). The maximum absolute atomic E-state index is 14.5. The molecule has 3 aliphatic rings. The first-order valence-corrected chi connectivity index (χ1v) is 22.0. The predicted molar refractivity (Wildman–Crippen MR) is 214 cm³/mol. The van der Waals surface area contributed by atoms with Gasteiger partial charge in [0, 0.05) is 30.7 Å². The van der Waals surface area contributed by atoms with Gasteiger partial charge in [-0.1, -0.05) is 52.1 Å². The van der Waals surface area contributed by atoms with Gasteiger partial charge in [0.15, 0.2) is 38.1 Å². The number of piperazine rings is 1. The molecule has 0 unspecified atom stereocenters. The van der Waals surface area contributed by atoms with Crippen LogP contribution in [0.2, 0.25) is 18.1 Å². The summed E-state index contributed by atoms with van der Waals surface area (Å²) in [6.45, 7) is 23.4. The number of benzene rings is 2. The largest absolute Gasteiger partial charge is 0.493 e. The molecule has 15 heteroatoms. The Bertz CT molecular complexity index is 1890. The fraction of sp³-hybridized carbons (Fsp3) is 0.548. The van der Waals surface area contributed by atoms with Crippen LogP contribution in [0.15, 0.2) is 37.4 Å². The maximum atomic E-state index is 14.5.